The van der Waals surface area contributed by atoms with Gasteiger partial charge in [0.1, 0.15) is 0 Å². The second kappa shape index (κ2) is 8.53. The van der Waals surface area contributed by atoms with Crippen molar-refractivity contribution < 1.29 is 4.79 Å². The number of benzene rings is 2. The van der Waals surface area contributed by atoms with Gasteiger partial charge in [-0.05, 0) is 50.1 Å². The number of rotatable bonds is 3. The lowest BCUT2D eigenvalue weighted by molar-refractivity contribution is 0.208. The molecular formula is C24H27N5O. The van der Waals surface area contributed by atoms with Gasteiger partial charge in [0.2, 0.25) is 0 Å². The number of carbonyl (C=O) groups is 1. The third-order valence-electron chi connectivity index (χ3n) is 5.52. The van der Waals surface area contributed by atoms with Crippen molar-refractivity contribution >= 4 is 17.5 Å². The number of nitrogens with zero attached hydrogens (tertiary/aromatic N) is 4. The largest absolute Gasteiger partial charge is 0.352 e. The summed E-state index contributed by atoms with van der Waals surface area (Å²) in [5, 5.41) is 11.9. The minimum Gasteiger partial charge on any atom is -0.352 e. The number of anilines is 2. The maximum atomic E-state index is 12.7. The van der Waals surface area contributed by atoms with Crippen LogP contribution in [0.5, 0.6) is 0 Å². The third-order valence-corrected chi connectivity index (χ3v) is 5.52. The molecule has 2 amide bonds. The predicted octanol–water partition coefficient (Wildman–Crippen LogP) is 4.42. The van der Waals surface area contributed by atoms with Crippen LogP contribution < -0.4 is 10.2 Å². The molecule has 1 N–H and O–H groups in total. The van der Waals surface area contributed by atoms with E-state index < -0.39 is 0 Å². The normalized spacial score (nSPS) is 14.0. The summed E-state index contributed by atoms with van der Waals surface area (Å²) in [4.78, 5) is 16.7. The van der Waals surface area contributed by atoms with E-state index in [-0.39, 0.29) is 6.03 Å². The number of urea groups is 1. The number of aromatic nitrogens is 2. The van der Waals surface area contributed by atoms with Crippen molar-refractivity contribution in [2.75, 3.05) is 36.4 Å². The Labute approximate surface area is 177 Å². The molecule has 4 rings (SSSR count). The summed E-state index contributed by atoms with van der Waals surface area (Å²) < 4.78 is 0. The van der Waals surface area contributed by atoms with Gasteiger partial charge in [0.15, 0.2) is 5.82 Å². The van der Waals surface area contributed by atoms with Gasteiger partial charge in [0.05, 0.1) is 5.69 Å². The number of piperazine rings is 1. The molecule has 1 aliphatic rings. The fourth-order valence-electron chi connectivity index (χ4n) is 3.58. The molecule has 6 heteroatoms. The lowest BCUT2D eigenvalue weighted by Crippen LogP contribution is -2.50. The van der Waals surface area contributed by atoms with Crippen molar-refractivity contribution in [2.45, 2.75) is 20.8 Å². The van der Waals surface area contributed by atoms with Crippen LogP contribution in [0.2, 0.25) is 0 Å². The predicted molar refractivity (Wildman–Crippen MR) is 121 cm³/mol. The van der Waals surface area contributed by atoms with Gasteiger partial charge in [-0.3, -0.25) is 0 Å². The summed E-state index contributed by atoms with van der Waals surface area (Å²) in [6.45, 7) is 8.87. The maximum absolute atomic E-state index is 12.7. The van der Waals surface area contributed by atoms with Gasteiger partial charge >= 0.3 is 6.03 Å². The Morgan fingerprint density at radius 1 is 0.833 bits per heavy atom. The smallest absolute Gasteiger partial charge is 0.321 e. The van der Waals surface area contributed by atoms with Gasteiger partial charge < -0.3 is 15.1 Å². The highest BCUT2D eigenvalue weighted by Crippen LogP contribution is 2.21. The fraction of sp³-hybridized carbons (Fsp3) is 0.292. The third kappa shape index (κ3) is 4.43. The molecule has 0 atom stereocenters. The van der Waals surface area contributed by atoms with Crippen LogP contribution in [0, 0.1) is 20.8 Å². The molecular weight excluding hydrogens is 374 g/mol. The molecule has 0 spiro atoms. The molecule has 6 nitrogen and oxygen atoms in total. The molecule has 0 bridgehead atoms. The number of nitrogens with one attached hydrogen (secondary N) is 1. The van der Waals surface area contributed by atoms with Crippen molar-refractivity contribution in [3.63, 3.8) is 0 Å². The van der Waals surface area contributed by atoms with E-state index in [0.29, 0.717) is 13.1 Å². The zero-order valence-corrected chi connectivity index (χ0v) is 17.7. The Kier molecular flexibility index (Phi) is 5.65. The number of hydrogen-bond acceptors (Lipinski definition) is 4. The highest BCUT2D eigenvalue weighted by atomic mass is 16.2. The van der Waals surface area contributed by atoms with Crippen LogP contribution in [0.4, 0.5) is 16.3 Å². The summed E-state index contributed by atoms with van der Waals surface area (Å²) in [6, 6.07) is 18.3. The molecule has 0 saturated carbocycles. The molecule has 0 unspecified atom stereocenters. The molecule has 1 fully saturated rings. The SMILES string of the molecule is Cc1ccc(-c2ccc(N3CCN(C(=O)Nc4cc(C)ccc4C)CC3)nn2)cc1. The zero-order valence-electron chi connectivity index (χ0n) is 17.7. The van der Waals surface area contributed by atoms with Crippen LogP contribution in [-0.2, 0) is 0 Å². The molecule has 2 heterocycles. The molecule has 3 aromatic rings. The number of hydrogen-bond donors (Lipinski definition) is 1. The first-order chi connectivity index (χ1) is 14.5. The van der Waals surface area contributed by atoms with E-state index in [2.05, 4.69) is 57.7 Å². The fourth-order valence-corrected chi connectivity index (χ4v) is 3.58. The van der Waals surface area contributed by atoms with Crippen molar-refractivity contribution in [1.29, 1.82) is 0 Å². The van der Waals surface area contributed by atoms with Gasteiger partial charge in [-0.1, -0.05) is 42.0 Å². The second-order valence-corrected chi connectivity index (χ2v) is 7.87. The molecule has 0 radical (unpaired) electrons. The van der Waals surface area contributed by atoms with Gasteiger partial charge in [-0.25, -0.2) is 4.79 Å². The van der Waals surface area contributed by atoms with E-state index in [1.165, 1.54) is 5.56 Å². The Morgan fingerprint density at radius 3 is 2.20 bits per heavy atom. The molecule has 154 valence electrons. The van der Waals surface area contributed by atoms with Crippen LogP contribution in [0.15, 0.2) is 54.6 Å². The summed E-state index contributed by atoms with van der Waals surface area (Å²) in [6.07, 6.45) is 0. The Balaban J connectivity index is 1.35. The molecule has 30 heavy (non-hydrogen) atoms. The van der Waals surface area contributed by atoms with E-state index in [0.717, 1.165) is 47.0 Å². The van der Waals surface area contributed by atoms with Crippen LogP contribution in [0.3, 0.4) is 0 Å². The Bertz CT molecular complexity index is 1020. The standard InChI is InChI=1S/C24H27N5O/c1-17-5-8-20(9-6-17)21-10-11-23(27-26-21)28-12-14-29(15-13-28)24(30)25-22-16-18(2)4-7-19(22)3/h4-11,16H,12-15H2,1-3H3,(H,25,30). The first kappa shape index (κ1) is 19.9. The lowest BCUT2D eigenvalue weighted by atomic mass is 10.1. The summed E-state index contributed by atoms with van der Waals surface area (Å²) >= 11 is 0. The minimum atomic E-state index is -0.0517. The van der Waals surface area contributed by atoms with Crippen LogP contribution in [0.1, 0.15) is 16.7 Å². The molecule has 1 saturated heterocycles. The van der Waals surface area contributed by atoms with E-state index in [1.54, 1.807) is 0 Å². The van der Waals surface area contributed by atoms with Gasteiger partial charge in [-0.2, -0.15) is 0 Å². The van der Waals surface area contributed by atoms with Crippen molar-refractivity contribution in [3.05, 3.63) is 71.3 Å². The first-order valence-corrected chi connectivity index (χ1v) is 10.3. The summed E-state index contributed by atoms with van der Waals surface area (Å²) in [5.74, 6) is 0.848. The molecule has 1 aromatic heterocycles. The van der Waals surface area contributed by atoms with Crippen molar-refractivity contribution in [2.24, 2.45) is 0 Å². The quantitative estimate of drug-likeness (QED) is 0.706. The number of carbonyl (C=O) groups excluding carboxylic acids is 1. The first-order valence-electron chi connectivity index (χ1n) is 10.3. The van der Waals surface area contributed by atoms with Crippen molar-refractivity contribution in [1.82, 2.24) is 15.1 Å². The van der Waals surface area contributed by atoms with Crippen LogP contribution >= 0.6 is 0 Å². The minimum absolute atomic E-state index is 0.0517. The van der Waals surface area contributed by atoms with E-state index in [1.807, 2.05) is 43.0 Å². The van der Waals surface area contributed by atoms with E-state index in [4.69, 9.17) is 0 Å². The van der Waals surface area contributed by atoms with Crippen LogP contribution in [0.25, 0.3) is 11.3 Å². The zero-order chi connectivity index (χ0) is 21.1. The second-order valence-electron chi connectivity index (χ2n) is 7.87. The topological polar surface area (TPSA) is 61.4 Å². The Hall–Kier alpha value is -3.41. The number of aryl methyl sites for hydroxylation is 3. The lowest BCUT2D eigenvalue weighted by Gasteiger charge is -2.35. The van der Waals surface area contributed by atoms with E-state index in [9.17, 15) is 4.79 Å². The summed E-state index contributed by atoms with van der Waals surface area (Å²) in [5.41, 5.74) is 6.23. The van der Waals surface area contributed by atoms with Crippen LogP contribution in [-0.4, -0.2) is 47.3 Å². The van der Waals surface area contributed by atoms with Gasteiger partial charge in [0.25, 0.3) is 0 Å². The molecule has 2 aromatic carbocycles. The highest BCUT2D eigenvalue weighted by molar-refractivity contribution is 5.90. The van der Waals surface area contributed by atoms with Gasteiger partial charge in [-0.15, -0.1) is 10.2 Å². The van der Waals surface area contributed by atoms with E-state index >= 15 is 0 Å². The van der Waals surface area contributed by atoms with Crippen molar-refractivity contribution in [3.8, 4) is 11.3 Å². The molecule has 0 aliphatic carbocycles. The Morgan fingerprint density at radius 2 is 1.53 bits per heavy atom. The number of amides is 2. The van der Waals surface area contributed by atoms with Gasteiger partial charge in [0, 0.05) is 37.4 Å². The highest BCUT2D eigenvalue weighted by Gasteiger charge is 2.22. The average Bonchev–Trinajstić information content (AvgIpc) is 2.77. The molecule has 1 aliphatic heterocycles. The average molecular weight is 402 g/mol. The summed E-state index contributed by atoms with van der Waals surface area (Å²) in [7, 11) is 0. The monoisotopic (exact) mass is 401 g/mol. The maximum Gasteiger partial charge on any atom is 0.321 e.